The third-order valence-corrected chi connectivity index (χ3v) is 8.11. The second-order valence-corrected chi connectivity index (χ2v) is 11.0. The summed E-state index contributed by atoms with van der Waals surface area (Å²) in [6.07, 6.45) is 1.42. The first-order valence-corrected chi connectivity index (χ1v) is 14.3. The van der Waals surface area contributed by atoms with Gasteiger partial charge in [0, 0.05) is 23.8 Å². The molecule has 0 bridgehead atoms. The van der Waals surface area contributed by atoms with Crippen LogP contribution in [0.4, 0.5) is 0 Å². The first-order valence-electron chi connectivity index (χ1n) is 11.8. The Morgan fingerprint density at radius 2 is 1.71 bits per heavy atom. The van der Waals surface area contributed by atoms with E-state index < -0.39 is 34.3 Å². The van der Waals surface area contributed by atoms with Crippen LogP contribution >= 0.6 is 16.9 Å². The maximum absolute atomic E-state index is 12.4. The van der Waals surface area contributed by atoms with E-state index in [2.05, 4.69) is 43.4 Å². The number of aryl methyl sites for hydroxylation is 1. The molecule has 2 atom stereocenters. The van der Waals surface area contributed by atoms with Gasteiger partial charge in [-0.05, 0) is 48.5 Å². The Morgan fingerprint density at radius 3 is 2.26 bits per heavy atom. The van der Waals surface area contributed by atoms with Crippen molar-refractivity contribution in [3.63, 3.8) is 0 Å². The van der Waals surface area contributed by atoms with E-state index in [-0.39, 0.29) is 44.6 Å². The largest absolute Gasteiger partial charge is 0.365 e. The number of nitrogens with one attached hydrogen (secondary N) is 1. The van der Waals surface area contributed by atoms with Gasteiger partial charge in [-0.25, -0.2) is 9.46 Å². The van der Waals surface area contributed by atoms with E-state index in [1.165, 1.54) is 10.8 Å². The number of nitriles is 1. The molecule has 1 N–H and O–H groups in total. The van der Waals surface area contributed by atoms with Crippen molar-refractivity contribution in [2.45, 2.75) is 79.6 Å². The molecule has 13 heteroatoms. The smallest absolute Gasteiger partial charge is 0.328 e. The molecular weight excluding hydrogens is 494 g/mol. The highest BCUT2D eigenvalue weighted by Gasteiger charge is 2.29. The van der Waals surface area contributed by atoms with E-state index >= 15 is 0 Å². The number of rotatable bonds is 18. The summed E-state index contributed by atoms with van der Waals surface area (Å²) < 4.78 is 33.1. The van der Waals surface area contributed by atoms with Crippen molar-refractivity contribution >= 4 is 16.9 Å². The molecule has 0 radical (unpaired) electrons. The van der Waals surface area contributed by atoms with Crippen molar-refractivity contribution < 1.29 is 22.8 Å². The second kappa shape index (κ2) is 17.3. The standard InChI is InChI=1S/C22H40N4O7P2/c1-8-30-34(31-9-2)16-29-20(14-25-13-19(7)21(27)24-22(25)28)15-33-35(32-12-10-11-23)26(17(3)4)18(5)6/h13,17-18,20H,8-10,12,14-16H2,1-7H3,(H,24,27,28). The second-order valence-electron chi connectivity index (χ2n) is 8.15. The highest BCUT2D eigenvalue weighted by atomic mass is 31.2. The summed E-state index contributed by atoms with van der Waals surface area (Å²) in [5.74, 6) is 0. The average molecular weight is 535 g/mol. The van der Waals surface area contributed by atoms with Crippen molar-refractivity contribution in [3.05, 3.63) is 32.6 Å². The molecule has 0 aliphatic rings. The summed E-state index contributed by atoms with van der Waals surface area (Å²) in [5.41, 5.74) is -0.525. The van der Waals surface area contributed by atoms with Gasteiger partial charge in [-0.15, -0.1) is 0 Å². The molecule has 0 fully saturated rings. The van der Waals surface area contributed by atoms with Gasteiger partial charge < -0.3 is 22.8 Å². The lowest BCUT2D eigenvalue weighted by Gasteiger charge is -2.36. The van der Waals surface area contributed by atoms with E-state index in [1.54, 1.807) is 6.92 Å². The molecule has 1 rings (SSSR count). The molecule has 0 aliphatic heterocycles. The van der Waals surface area contributed by atoms with Gasteiger partial charge in [0.15, 0.2) is 8.38 Å². The Bertz CT molecular complexity index is 874. The number of aromatic nitrogens is 2. The first-order chi connectivity index (χ1) is 16.6. The third-order valence-electron chi connectivity index (χ3n) is 4.58. The van der Waals surface area contributed by atoms with Crippen molar-refractivity contribution in [1.82, 2.24) is 14.2 Å². The minimum absolute atomic E-state index is 0.125. The minimum Gasteiger partial charge on any atom is -0.365 e. The molecule has 0 amide bonds. The van der Waals surface area contributed by atoms with E-state index in [4.69, 9.17) is 28.1 Å². The lowest BCUT2D eigenvalue weighted by atomic mass is 10.3. The number of aromatic amines is 1. The molecular formula is C22H40N4O7P2. The molecule has 0 spiro atoms. The monoisotopic (exact) mass is 534 g/mol. The maximum atomic E-state index is 12.4. The molecule has 35 heavy (non-hydrogen) atoms. The van der Waals surface area contributed by atoms with E-state index in [0.29, 0.717) is 18.8 Å². The predicted molar refractivity (Wildman–Crippen MR) is 137 cm³/mol. The molecule has 0 aromatic carbocycles. The maximum Gasteiger partial charge on any atom is 0.328 e. The Morgan fingerprint density at radius 1 is 1.09 bits per heavy atom. The van der Waals surface area contributed by atoms with Crippen molar-refractivity contribution in [1.29, 1.82) is 5.26 Å². The van der Waals surface area contributed by atoms with Gasteiger partial charge in [-0.2, -0.15) is 5.26 Å². The number of hydrogen-bond acceptors (Lipinski definition) is 9. The Kier molecular flexibility index (Phi) is 15.7. The quantitative estimate of drug-likeness (QED) is 0.220. The number of ether oxygens (including phenoxy) is 1. The van der Waals surface area contributed by atoms with Crippen LogP contribution in [0.1, 0.15) is 53.5 Å². The fourth-order valence-corrected chi connectivity index (χ4v) is 5.92. The molecule has 1 heterocycles. The number of nitrogens with zero attached hydrogens (tertiary/aromatic N) is 3. The molecule has 0 saturated heterocycles. The number of hydrogen-bond donors (Lipinski definition) is 1. The normalized spacial score (nSPS) is 13.7. The Hall–Kier alpha value is -1.21. The van der Waals surface area contributed by atoms with E-state index in [0.717, 1.165) is 0 Å². The van der Waals surface area contributed by atoms with Crippen molar-refractivity contribution in [2.75, 3.05) is 32.8 Å². The van der Waals surface area contributed by atoms with Crippen LogP contribution in [-0.4, -0.2) is 65.2 Å². The topological polar surface area (TPSA) is 128 Å². The first kappa shape index (κ1) is 31.8. The average Bonchev–Trinajstić information content (AvgIpc) is 2.78. The van der Waals surface area contributed by atoms with Gasteiger partial charge in [0.2, 0.25) is 0 Å². The highest BCUT2D eigenvalue weighted by Crippen LogP contribution is 2.46. The van der Waals surface area contributed by atoms with Gasteiger partial charge >= 0.3 is 5.69 Å². The summed E-state index contributed by atoms with van der Waals surface area (Å²) in [4.78, 5) is 26.5. The molecule has 200 valence electrons. The molecule has 2 unspecified atom stereocenters. The van der Waals surface area contributed by atoms with Crippen LogP contribution in [-0.2, 0) is 29.4 Å². The summed E-state index contributed by atoms with van der Waals surface area (Å²) in [5, 5.41) is 8.92. The van der Waals surface area contributed by atoms with Crippen LogP contribution in [0.3, 0.4) is 0 Å². The van der Waals surface area contributed by atoms with Gasteiger partial charge in [-0.3, -0.25) is 14.3 Å². The zero-order valence-electron chi connectivity index (χ0n) is 21.9. The van der Waals surface area contributed by atoms with E-state index in [1.807, 2.05) is 13.8 Å². The zero-order chi connectivity index (χ0) is 26.4. The van der Waals surface area contributed by atoms with Gasteiger partial charge in [0.25, 0.3) is 14.1 Å². The van der Waals surface area contributed by atoms with Gasteiger partial charge in [-0.1, -0.05) is 0 Å². The predicted octanol–water partition coefficient (Wildman–Crippen LogP) is 3.87. The lowest BCUT2D eigenvalue weighted by molar-refractivity contribution is 0.0208. The fraction of sp³-hybridized carbons (Fsp3) is 0.773. The van der Waals surface area contributed by atoms with E-state index in [9.17, 15) is 9.59 Å². The van der Waals surface area contributed by atoms with Crippen LogP contribution in [0.5, 0.6) is 0 Å². The zero-order valence-corrected chi connectivity index (χ0v) is 23.6. The fourth-order valence-electron chi connectivity index (χ4n) is 3.15. The third kappa shape index (κ3) is 11.6. The Labute approximate surface area is 210 Å². The molecule has 0 aliphatic carbocycles. The van der Waals surface area contributed by atoms with Crippen LogP contribution < -0.4 is 11.2 Å². The highest BCUT2D eigenvalue weighted by molar-refractivity contribution is 7.47. The summed E-state index contributed by atoms with van der Waals surface area (Å²) >= 11 is 0. The Balaban J connectivity index is 3.10. The van der Waals surface area contributed by atoms with Crippen LogP contribution in [0.25, 0.3) is 0 Å². The summed E-state index contributed by atoms with van der Waals surface area (Å²) in [7, 11) is -2.73. The molecule has 1 aromatic heterocycles. The van der Waals surface area contributed by atoms with Crippen LogP contribution in [0.2, 0.25) is 0 Å². The van der Waals surface area contributed by atoms with Crippen molar-refractivity contribution in [2.24, 2.45) is 0 Å². The van der Waals surface area contributed by atoms with Gasteiger partial charge in [0.05, 0.1) is 45.5 Å². The lowest BCUT2D eigenvalue weighted by Crippen LogP contribution is -2.37. The molecule has 11 nitrogen and oxygen atoms in total. The van der Waals surface area contributed by atoms with Crippen molar-refractivity contribution in [3.8, 4) is 6.07 Å². The van der Waals surface area contributed by atoms with Crippen LogP contribution in [0.15, 0.2) is 15.8 Å². The SMILES string of the molecule is CCOP(COC(COP(OCCC#N)N(C(C)C)C(C)C)Cn1cc(C)c(=O)[nH]c1=O)OCC. The molecule has 0 saturated carbocycles. The summed E-state index contributed by atoms with van der Waals surface area (Å²) in [6, 6.07) is 2.38. The number of H-pyrrole nitrogens is 1. The van der Waals surface area contributed by atoms with Gasteiger partial charge in [0.1, 0.15) is 12.5 Å². The summed E-state index contributed by atoms with van der Waals surface area (Å²) in [6.45, 7) is 15.1. The van der Waals surface area contributed by atoms with Crippen LogP contribution in [0, 0.1) is 18.3 Å². The minimum atomic E-state index is -1.48. The molecule has 1 aromatic rings.